The molecule has 1 fully saturated rings. The molecular weight excluding hydrogens is 299 g/mol. The van der Waals surface area contributed by atoms with E-state index in [1.54, 1.807) is 30.0 Å². The highest BCUT2D eigenvalue weighted by molar-refractivity contribution is 5.97. The van der Waals surface area contributed by atoms with Gasteiger partial charge in [0.05, 0.1) is 13.7 Å². The molecule has 1 heterocycles. The molecule has 0 aliphatic carbocycles. The van der Waals surface area contributed by atoms with Crippen molar-refractivity contribution in [1.82, 2.24) is 9.80 Å². The fraction of sp³-hybridized carbons (Fsp3) is 0.412. The van der Waals surface area contributed by atoms with Crippen molar-refractivity contribution < 1.29 is 18.7 Å². The van der Waals surface area contributed by atoms with E-state index in [1.807, 2.05) is 4.90 Å². The van der Waals surface area contributed by atoms with Crippen LogP contribution in [0, 0.1) is 5.82 Å². The van der Waals surface area contributed by atoms with Crippen molar-refractivity contribution in [3.05, 3.63) is 41.2 Å². The number of ether oxygens (including phenoxy) is 1. The molecular formula is C17H21FN2O3. The summed E-state index contributed by atoms with van der Waals surface area (Å²) in [6.45, 7) is 4.44. The summed E-state index contributed by atoms with van der Waals surface area (Å²) in [6.07, 6.45) is 1.75. The number of methoxy groups -OCH3 is 1. The van der Waals surface area contributed by atoms with Crippen LogP contribution in [-0.2, 0) is 14.3 Å². The molecule has 1 aliphatic heterocycles. The van der Waals surface area contributed by atoms with Crippen LogP contribution < -0.4 is 0 Å². The first-order valence-electron chi connectivity index (χ1n) is 7.52. The third kappa shape index (κ3) is 4.89. The van der Waals surface area contributed by atoms with Crippen LogP contribution >= 0.6 is 0 Å². The van der Waals surface area contributed by atoms with E-state index in [2.05, 4.69) is 4.74 Å². The maximum absolute atomic E-state index is 12.9. The Morgan fingerprint density at radius 3 is 2.35 bits per heavy atom. The van der Waals surface area contributed by atoms with Gasteiger partial charge in [0, 0.05) is 31.8 Å². The van der Waals surface area contributed by atoms with Crippen LogP contribution in [0.3, 0.4) is 0 Å². The molecule has 0 atom stereocenters. The molecule has 23 heavy (non-hydrogen) atoms. The number of benzene rings is 1. The third-order valence-electron chi connectivity index (χ3n) is 3.83. The highest BCUT2D eigenvalue weighted by Crippen LogP contribution is 2.12. The van der Waals surface area contributed by atoms with Gasteiger partial charge in [-0.2, -0.15) is 0 Å². The summed E-state index contributed by atoms with van der Waals surface area (Å²) in [5, 5.41) is 0. The number of hydrogen-bond acceptors (Lipinski definition) is 4. The molecule has 6 heteroatoms. The molecule has 0 saturated carbocycles. The lowest BCUT2D eigenvalue weighted by molar-refractivity contribution is -0.142. The standard InChI is InChI=1S/C17H21FN2O3/c1-13(11-14-3-5-15(18)6-4-14)17(22)20-9-7-19(8-10-20)12-16(21)23-2/h3-6,11H,7-10,12H2,1-2H3. The van der Waals surface area contributed by atoms with Crippen molar-refractivity contribution in [2.45, 2.75) is 6.92 Å². The zero-order valence-electron chi connectivity index (χ0n) is 13.4. The van der Waals surface area contributed by atoms with Gasteiger partial charge in [-0.3, -0.25) is 14.5 Å². The molecule has 1 amide bonds. The molecule has 1 aromatic carbocycles. The second kappa shape index (κ2) is 7.87. The van der Waals surface area contributed by atoms with E-state index in [1.165, 1.54) is 19.2 Å². The molecule has 0 bridgehead atoms. The Kier molecular flexibility index (Phi) is 5.87. The number of halogens is 1. The molecule has 1 saturated heterocycles. The zero-order chi connectivity index (χ0) is 16.8. The van der Waals surface area contributed by atoms with Gasteiger partial charge in [0.1, 0.15) is 5.82 Å². The van der Waals surface area contributed by atoms with E-state index < -0.39 is 0 Å². The zero-order valence-corrected chi connectivity index (χ0v) is 13.4. The minimum absolute atomic E-state index is 0.0351. The van der Waals surface area contributed by atoms with E-state index in [0.717, 1.165) is 5.56 Å². The topological polar surface area (TPSA) is 49.9 Å². The SMILES string of the molecule is COC(=O)CN1CCN(C(=O)C(C)=Cc2ccc(F)cc2)CC1. The second-order valence-electron chi connectivity index (χ2n) is 5.52. The molecule has 0 aromatic heterocycles. The molecule has 1 aromatic rings. The van der Waals surface area contributed by atoms with Crippen molar-refractivity contribution in [3.8, 4) is 0 Å². The van der Waals surface area contributed by atoms with E-state index in [0.29, 0.717) is 31.8 Å². The number of rotatable bonds is 4. The van der Waals surface area contributed by atoms with Gasteiger partial charge in [-0.25, -0.2) is 4.39 Å². The average Bonchev–Trinajstić information content (AvgIpc) is 2.56. The lowest BCUT2D eigenvalue weighted by Gasteiger charge is -2.34. The van der Waals surface area contributed by atoms with Gasteiger partial charge in [-0.05, 0) is 30.7 Å². The number of hydrogen-bond donors (Lipinski definition) is 0. The average molecular weight is 320 g/mol. The van der Waals surface area contributed by atoms with Crippen LogP contribution in [-0.4, -0.2) is 61.5 Å². The van der Waals surface area contributed by atoms with Crippen molar-refractivity contribution in [3.63, 3.8) is 0 Å². The second-order valence-corrected chi connectivity index (χ2v) is 5.52. The van der Waals surface area contributed by atoms with E-state index in [9.17, 15) is 14.0 Å². The Labute approximate surface area is 135 Å². The quantitative estimate of drug-likeness (QED) is 0.624. The fourth-order valence-corrected chi connectivity index (χ4v) is 2.48. The van der Waals surface area contributed by atoms with Gasteiger partial charge in [0.2, 0.25) is 5.91 Å². The summed E-state index contributed by atoms with van der Waals surface area (Å²) < 4.78 is 17.5. The summed E-state index contributed by atoms with van der Waals surface area (Å²) >= 11 is 0. The smallest absolute Gasteiger partial charge is 0.319 e. The maximum atomic E-state index is 12.9. The molecule has 5 nitrogen and oxygen atoms in total. The van der Waals surface area contributed by atoms with Crippen molar-refractivity contribution in [1.29, 1.82) is 0 Å². The summed E-state index contributed by atoms with van der Waals surface area (Å²) in [5.41, 5.74) is 1.40. The minimum atomic E-state index is -0.298. The Morgan fingerprint density at radius 1 is 1.17 bits per heavy atom. The normalized spacial score (nSPS) is 16.3. The monoisotopic (exact) mass is 320 g/mol. The van der Waals surface area contributed by atoms with E-state index >= 15 is 0 Å². The fourth-order valence-electron chi connectivity index (χ4n) is 2.48. The number of nitrogens with zero attached hydrogens (tertiary/aromatic N) is 2. The Balaban J connectivity index is 1.91. The van der Waals surface area contributed by atoms with Gasteiger partial charge >= 0.3 is 5.97 Å². The van der Waals surface area contributed by atoms with Crippen molar-refractivity contribution in [2.24, 2.45) is 0 Å². The first-order chi connectivity index (χ1) is 11.0. The number of carbonyl (C=O) groups excluding carboxylic acids is 2. The Hall–Kier alpha value is -2.21. The third-order valence-corrected chi connectivity index (χ3v) is 3.83. The molecule has 0 spiro atoms. The first-order valence-corrected chi connectivity index (χ1v) is 7.52. The number of carbonyl (C=O) groups is 2. The molecule has 124 valence electrons. The predicted molar refractivity (Wildman–Crippen MR) is 85.1 cm³/mol. The molecule has 2 rings (SSSR count). The number of esters is 1. The van der Waals surface area contributed by atoms with Crippen molar-refractivity contribution in [2.75, 3.05) is 39.8 Å². The molecule has 1 aliphatic rings. The number of piperazine rings is 1. The van der Waals surface area contributed by atoms with Gasteiger partial charge in [-0.15, -0.1) is 0 Å². The summed E-state index contributed by atoms with van der Waals surface area (Å²) in [5.74, 6) is -0.600. The first kappa shape index (κ1) is 17.1. The van der Waals surface area contributed by atoms with Crippen LogP contribution in [0.25, 0.3) is 6.08 Å². The Bertz CT molecular complexity index is 590. The molecule has 0 N–H and O–H groups in total. The summed E-state index contributed by atoms with van der Waals surface area (Å²) in [6, 6.07) is 6.02. The van der Waals surface area contributed by atoms with Crippen molar-refractivity contribution >= 4 is 18.0 Å². The number of amides is 1. The van der Waals surface area contributed by atoms with Gasteiger partial charge in [0.15, 0.2) is 0 Å². The largest absolute Gasteiger partial charge is 0.468 e. The van der Waals surface area contributed by atoms with Crippen LogP contribution in [0.4, 0.5) is 4.39 Å². The van der Waals surface area contributed by atoms with Crippen LogP contribution in [0.5, 0.6) is 0 Å². The molecule has 0 unspecified atom stereocenters. The summed E-state index contributed by atoms with van der Waals surface area (Å²) in [4.78, 5) is 27.4. The minimum Gasteiger partial charge on any atom is -0.468 e. The van der Waals surface area contributed by atoms with Crippen LogP contribution in [0.15, 0.2) is 29.8 Å². The Morgan fingerprint density at radius 2 is 1.78 bits per heavy atom. The predicted octanol–water partition coefficient (Wildman–Crippen LogP) is 1.55. The molecule has 0 radical (unpaired) electrons. The van der Waals surface area contributed by atoms with Crippen LogP contribution in [0.1, 0.15) is 12.5 Å². The summed E-state index contributed by atoms with van der Waals surface area (Å²) in [7, 11) is 1.37. The van der Waals surface area contributed by atoms with Gasteiger partial charge < -0.3 is 9.64 Å². The maximum Gasteiger partial charge on any atom is 0.319 e. The van der Waals surface area contributed by atoms with Crippen LogP contribution in [0.2, 0.25) is 0 Å². The van der Waals surface area contributed by atoms with Gasteiger partial charge in [-0.1, -0.05) is 12.1 Å². The highest BCUT2D eigenvalue weighted by atomic mass is 19.1. The van der Waals surface area contributed by atoms with E-state index in [4.69, 9.17) is 0 Å². The van der Waals surface area contributed by atoms with Gasteiger partial charge in [0.25, 0.3) is 0 Å². The highest BCUT2D eigenvalue weighted by Gasteiger charge is 2.23. The lowest BCUT2D eigenvalue weighted by Crippen LogP contribution is -2.50. The lowest BCUT2D eigenvalue weighted by atomic mass is 10.1. The van der Waals surface area contributed by atoms with E-state index in [-0.39, 0.29) is 24.2 Å².